The highest BCUT2D eigenvalue weighted by molar-refractivity contribution is 5.91. The van der Waals surface area contributed by atoms with Crippen molar-refractivity contribution in [1.82, 2.24) is 5.32 Å². The number of nitrogens with one attached hydrogen (secondary N) is 1. The van der Waals surface area contributed by atoms with Crippen molar-refractivity contribution < 1.29 is 9.72 Å². The number of rotatable bonds is 8. The molecule has 1 N–H and O–H groups in total. The van der Waals surface area contributed by atoms with Crippen LogP contribution in [0.3, 0.4) is 0 Å². The van der Waals surface area contributed by atoms with Crippen molar-refractivity contribution in [2.75, 3.05) is 6.54 Å². The zero-order valence-electron chi connectivity index (χ0n) is 11.7. The Hall–Kier alpha value is -2.17. The van der Waals surface area contributed by atoms with Crippen LogP contribution < -0.4 is 5.32 Å². The minimum absolute atomic E-state index is 0.0205. The molecule has 0 atom stereocenters. The molecule has 0 aliphatic carbocycles. The third-order valence-electron chi connectivity index (χ3n) is 2.84. The number of hydrogen-bond donors (Lipinski definition) is 1. The first-order valence-corrected chi connectivity index (χ1v) is 6.84. The second-order valence-corrected chi connectivity index (χ2v) is 4.54. The van der Waals surface area contributed by atoms with Crippen LogP contribution in [0.1, 0.15) is 38.2 Å². The molecule has 1 rings (SSSR count). The van der Waals surface area contributed by atoms with Crippen LogP contribution >= 0.6 is 0 Å². The van der Waals surface area contributed by atoms with Gasteiger partial charge < -0.3 is 5.32 Å². The van der Waals surface area contributed by atoms with Crippen LogP contribution in [0, 0.1) is 10.1 Å². The third-order valence-corrected chi connectivity index (χ3v) is 2.84. The molecule has 0 spiro atoms. The molecule has 0 aromatic heterocycles. The Morgan fingerprint density at radius 3 is 2.85 bits per heavy atom. The van der Waals surface area contributed by atoms with E-state index in [9.17, 15) is 14.9 Å². The van der Waals surface area contributed by atoms with Crippen LogP contribution in [-0.2, 0) is 4.79 Å². The lowest BCUT2D eigenvalue weighted by molar-refractivity contribution is -0.384. The predicted molar refractivity (Wildman–Crippen MR) is 79.3 cm³/mol. The SMILES string of the molecule is CCCCCCNC(=O)/C=C/c1cccc([N+](=O)[O-])c1. The van der Waals surface area contributed by atoms with Crippen molar-refractivity contribution in [1.29, 1.82) is 0 Å². The standard InChI is InChI=1S/C15H20N2O3/c1-2-3-4-5-11-16-15(18)10-9-13-7-6-8-14(12-13)17(19)20/h6-10,12H,2-5,11H2,1H3,(H,16,18)/b10-9+. The molecule has 0 radical (unpaired) electrons. The van der Waals surface area contributed by atoms with Gasteiger partial charge in [0.25, 0.3) is 5.69 Å². The summed E-state index contributed by atoms with van der Waals surface area (Å²) >= 11 is 0. The molecule has 108 valence electrons. The van der Waals surface area contributed by atoms with E-state index in [0.717, 1.165) is 12.8 Å². The summed E-state index contributed by atoms with van der Waals surface area (Å²) in [6.07, 6.45) is 7.42. The Kier molecular flexibility index (Phi) is 7.03. The van der Waals surface area contributed by atoms with Crippen molar-refractivity contribution in [3.63, 3.8) is 0 Å². The topological polar surface area (TPSA) is 72.2 Å². The zero-order chi connectivity index (χ0) is 14.8. The maximum Gasteiger partial charge on any atom is 0.270 e. The Labute approximate surface area is 118 Å². The number of nitro benzene ring substituents is 1. The molecule has 0 saturated carbocycles. The number of unbranched alkanes of at least 4 members (excludes halogenated alkanes) is 3. The first-order valence-electron chi connectivity index (χ1n) is 6.84. The Bertz CT molecular complexity index is 484. The minimum Gasteiger partial charge on any atom is -0.353 e. The molecule has 1 aromatic rings. The van der Waals surface area contributed by atoms with Crippen LogP contribution in [0.25, 0.3) is 6.08 Å². The summed E-state index contributed by atoms with van der Waals surface area (Å²) in [7, 11) is 0. The molecular formula is C15H20N2O3. The molecule has 20 heavy (non-hydrogen) atoms. The minimum atomic E-state index is -0.453. The normalized spacial score (nSPS) is 10.7. The van der Waals surface area contributed by atoms with Gasteiger partial charge in [0.1, 0.15) is 0 Å². The van der Waals surface area contributed by atoms with Gasteiger partial charge in [-0.1, -0.05) is 38.3 Å². The fourth-order valence-electron chi connectivity index (χ4n) is 1.74. The largest absolute Gasteiger partial charge is 0.353 e. The van der Waals surface area contributed by atoms with Gasteiger partial charge in [0.2, 0.25) is 5.91 Å². The number of benzene rings is 1. The molecule has 0 heterocycles. The van der Waals surface area contributed by atoms with E-state index < -0.39 is 4.92 Å². The summed E-state index contributed by atoms with van der Waals surface area (Å²) in [6.45, 7) is 2.80. The fraction of sp³-hybridized carbons (Fsp3) is 0.400. The number of carbonyl (C=O) groups is 1. The molecule has 5 nitrogen and oxygen atoms in total. The fourth-order valence-corrected chi connectivity index (χ4v) is 1.74. The summed E-state index contributed by atoms with van der Waals surface area (Å²) in [4.78, 5) is 21.7. The van der Waals surface area contributed by atoms with E-state index in [2.05, 4.69) is 12.2 Å². The van der Waals surface area contributed by atoms with Gasteiger partial charge in [-0.2, -0.15) is 0 Å². The molecule has 1 amide bonds. The van der Waals surface area contributed by atoms with Crippen molar-refractivity contribution in [3.8, 4) is 0 Å². The van der Waals surface area contributed by atoms with Crippen molar-refractivity contribution in [3.05, 3.63) is 46.0 Å². The van der Waals surface area contributed by atoms with E-state index in [0.29, 0.717) is 12.1 Å². The Balaban J connectivity index is 2.41. The molecule has 0 aliphatic rings. The van der Waals surface area contributed by atoms with Crippen molar-refractivity contribution in [2.24, 2.45) is 0 Å². The lowest BCUT2D eigenvalue weighted by atomic mass is 10.2. The quantitative estimate of drug-likeness (QED) is 0.342. The van der Waals surface area contributed by atoms with Gasteiger partial charge in [-0.3, -0.25) is 14.9 Å². The van der Waals surface area contributed by atoms with E-state index in [1.165, 1.54) is 31.1 Å². The number of amides is 1. The molecule has 5 heteroatoms. The molecule has 0 saturated heterocycles. The third kappa shape index (κ3) is 6.13. The number of carbonyl (C=O) groups excluding carboxylic acids is 1. The van der Waals surface area contributed by atoms with Gasteiger partial charge in [0, 0.05) is 24.8 Å². The van der Waals surface area contributed by atoms with Crippen molar-refractivity contribution in [2.45, 2.75) is 32.6 Å². The highest BCUT2D eigenvalue weighted by Gasteiger charge is 2.03. The van der Waals surface area contributed by atoms with E-state index in [1.54, 1.807) is 18.2 Å². The lowest BCUT2D eigenvalue weighted by Crippen LogP contribution is -2.21. The molecule has 0 aliphatic heterocycles. The van der Waals surface area contributed by atoms with Crippen molar-refractivity contribution >= 4 is 17.7 Å². The molecule has 0 fully saturated rings. The van der Waals surface area contributed by atoms with E-state index in [4.69, 9.17) is 0 Å². The highest BCUT2D eigenvalue weighted by atomic mass is 16.6. The monoisotopic (exact) mass is 276 g/mol. The van der Waals surface area contributed by atoms with Gasteiger partial charge in [-0.05, 0) is 18.1 Å². The predicted octanol–water partition coefficient (Wildman–Crippen LogP) is 3.30. The summed E-state index contributed by atoms with van der Waals surface area (Å²) in [5.41, 5.74) is 0.660. The molecule has 0 unspecified atom stereocenters. The molecule has 1 aromatic carbocycles. The first kappa shape index (κ1) is 15.9. The second kappa shape index (κ2) is 8.85. The molecular weight excluding hydrogens is 256 g/mol. The van der Waals surface area contributed by atoms with Gasteiger partial charge in [-0.25, -0.2) is 0 Å². The number of nitrogens with zero attached hydrogens (tertiary/aromatic N) is 1. The van der Waals surface area contributed by atoms with Crippen LogP contribution in [0.5, 0.6) is 0 Å². The van der Waals surface area contributed by atoms with E-state index in [1.807, 2.05) is 0 Å². The van der Waals surface area contributed by atoms with Gasteiger partial charge >= 0.3 is 0 Å². The second-order valence-electron chi connectivity index (χ2n) is 4.54. The Morgan fingerprint density at radius 1 is 1.35 bits per heavy atom. The average Bonchev–Trinajstić information content (AvgIpc) is 2.45. The zero-order valence-corrected chi connectivity index (χ0v) is 11.7. The summed E-state index contributed by atoms with van der Waals surface area (Å²) in [5, 5.41) is 13.4. The smallest absolute Gasteiger partial charge is 0.270 e. The number of non-ortho nitro benzene ring substituents is 1. The Morgan fingerprint density at radius 2 is 2.15 bits per heavy atom. The first-order chi connectivity index (χ1) is 9.63. The number of hydrogen-bond acceptors (Lipinski definition) is 3. The highest BCUT2D eigenvalue weighted by Crippen LogP contribution is 2.13. The van der Waals surface area contributed by atoms with E-state index >= 15 is 0 Å². The van der Waals surface area contributed by atoms with Gasteiger partial charge in [0.05, 0.1) is 4.92 Å². The molecule has 0 bridgehead atoms. The van der Waals surface area contributed by atoms with Gasteiger partial charge in [-0.15, -0.1) is 0 Å². The summed E-state index contributed by atoms with van der Waals surface area (Å²) in [6, 6.07) is 6.18. The van der Waals surface area contributed by atoms with Crippen LogP contribution in [0.4, 0.5) is 5.69 Å². The lowest BCUT2D eigenvalue weighted by Gasteiger charge is -2.01. The maximum absolute atomic E-state index is 11.5. The van der Waals surface area contributed by atoms with Crippen LogP contribution in [0.2, 0.25) is 0 Å². The van der Waals surface area contributed by atoms with Crippen LogP contribution in [-0.4, -0.2) is 17.4 Å². The maximum atomic E-state index is 11.5. The summed E-state index contributed by atoms with van der Waals surface area (Å²) in [5.74, 6) is -0.173. The van der Waals surface area contributed by atoms with Gasteiger partial charge in [0.15, 0.2) is 0 Å². The van der Waals surface area contributed by atoms with E-state index in [-0.39, 0.29) is 11.6 Å². The average molecular weight is 276 g/mol. The number of nitro groups is 1. The summed E-state index contributed by atoms with van der Waals surface area (Å²) < 4.78 is 0. The van der Waals surface area contributed by atoms with Crippen LogP contribution in [0.15, 0.2) is 30.3 Å².